The summed E-state index contributed by atoms with van der Waals surface area (Å²) in [7, 11) is 2.13. The lowest BCUT2D eigenvalue weighted by molar-refractivity contribution is -0.659. The van der Waals surface area contributed by atoms with Crippen molar-refractivity contribution in [1.29, 1.82) is 0 Å². The van der Waals surface area contributed by atoms with Gasteiger partial charge in [-0.25, -0.2) is 19.5 Å². The number of aryl methyl sites for hydroxylation is 3. The monoisotopic (exact) mass is 453 g/mol. The third-order valence-electron chi connectivity index (χ3n) is 6.35. The van der Waals surface area contributed by atoms with E-state index in [4.69, 9.17) is 15.0 Å². The molecule has 0 N–H and O–H groups in total. The van der Waals surface area contributed by atoms with Gasteiger partial charge in [0, 0.05) is 35.4 Å². The molecule has 0 aliphatic heterocycles. The Morgan fingerprint density at radius 3 is 2.03 bits per heavy atom. The van der Waals surface area contributed by atoms with Crippen molar-refractivity contribution in [3.63, 3.8) is 0 Å². The summed E-state index contributed by atoms with van der Waals surface area (Å²) >= 11 is 0. The largest absolute Gasteiger partial charge is 0.218 e. The SMILES string of the molecule is Cc1cc(C)c(C)c(-c2cc3cc(-c4nc(CC(C)C)nc(CC(C)C)n4)ccc3c[n+]2C)c1. The molecule has 0 saturated heterocycles. The Morgan fingerprint density at radius 2 is 1.41 bits per heavy atom. The number of aromatic nitrogens is 4. The van der Waals surface area contributed by atoms with E-state index in [-0.39, 0.29) is 0 Å². The first-order valence-corrected chi connectivity index (χ1v) is 12.4. The van der Waals surface area contributed by atoms with Crippen LogP contribution in [-0.2, 0) is 19.9 Å². The maximum absolute atomic E-state index is 4.87. The van der Waals surface area contributed by atoms with Crippen LogP contribution in [0.5, 0.6) is 0 Å². The minimum atomic E-state index is 0.502. The van der Waals surface area contributed by atoms with Crippen molar-refractivity contribution in [2.45, 2.75) is 61.3 Å². The minimum Gasteiger partial charge on any atom is -0.218 e. The molecule has 0 spiro atoms. The fraction of sp³-hybridized carbons (Fsp3) is 0.400. The number of hydrogen-bond donors (Lipinski definition) is 0. The second-order valence-corrected chi connectivity index (χ2v) is 10.6. The van der Waals surface area contributed by atoms with Gasteiger partial charge in [0.15, 0.2) is 12.0 Å². The lowest BCUT2D eigenvalue weighted by Gasteiger charge is -2.12. The first kappa shape index (κ1) is 24.0. The third-order valence-corrected chi connectivity index (χ3v) is 6.35. The average molecular weight is 454 g/mol. The first-order chi connectivity index (χ1) is 16.1. The van der Waals surface area contributed by atoms with E-state index >= 15 is 0 Å². The van der Waals surface area contributed by atoms with Gasteiger partial charge in [0.1, 0.15) is 18.7 Å². The highest BCUT2D eigenvalue weighted by Crippen LogP contribution is 2.29. The third kappa shape index (κ3) is 5.16. The Labute approximate surface area is 204 Å². The normalized spacial score (nSPS) is 11.7. The zero-order valence-corrected chi connectivity index (χ0v) is 21.9. The van der Waals surface area contributed by atoms with Crippen LogP contribution in [0.1, 0.15) is 56.0 Å². The topological polar surface area (TPSA) is 42.6 Å². The number of nitrogens with zero attached hydrogens (tertiary/aromatic N) is 4. The lowest BCUT2D eigenvalue weighted by atomic mass is 9.96. The Hall–Kier alpha value is -3.14. The molecule has 2 heterocycles. The number of benzene rings is 2. The van der Waals surface area contributed by atoms with Crippen LogP contribution in [0.4, 0.5) is 0 Å². The van der Waals surface area contributed by atoms with Crippen molar-refractivity contribution < 1.29 is 4.57 Å². The van der Waals surface area contributed by atoms with Crippen LogP contribution in [0.2, 0.25) is 0 Å². The van der Waals surface area contributed by atoms with Crippen LogP contribution in [-0.4, -0.2) is 15.0 Å². The molecule has 0 unspecified atom stereocenters. The van der Waals surface area contributed by atoms with E-state index in [9.17, 15) is 0 Å². The van der Waals surface area contributed by atoms with Crippen molar-refractivity contribution in [3.8, 4) is 22.6 Å². The zero-order chi connectivity index (χ0) is 24.6. The predicted octanol–water partition coefficient (Wildman–Crippen LogP) is 6.51. The number of rotatable bonds is 6. The molecule has 4 aromatic rings. The van der Waals surface area contributed by atoms with Crippen LogP contribution >= 0.6 is 0 Å². The summed E-state index contributed by atoms with van der Waals surface area (Å²) in [6, 6.07) is 13.4. The van der Waals surface area contributed by atoms with Gasteiger partial charge < -0.3 is 0 Å². The van der Waals surface area contributed by atoms with Crippen molar-refractivity contribution in [3.05, 3.63) is 70.9 Å². The second kappa shape index (κ2) is 9.61. The quantitative estimate of drug-likeness (QED) is 0.313. The summed E-state index contributed by atoms with van der Waals surface area (Å²) in [4.78, 5) is 14.5. The van der Waals surface area contributed by atoms with Crippen molar-refractivity contribution in [2.75, 3.05) is 0 Å². The molecule has 0 saturated carbocycles. The maximum atomic E-state index is 4.87. The van der Waals surface area contributed by atoms with Gasteiger partial charge in [0.25, 0.3) is 0 Å². The van der Waals surface area contributed by atoms with Crippen LogP contribution in [0.25, 0.3) is 33.4 Å². The van der Waals surface area contributed by atoms with E-state index in [1.807, 2.05) is 0 Å². The molecule has 4 nitrogen and oxygen atoms in total. The summed E-state index contributed by atoms with van der Waals surface area (Å²) in [5, 5.41) is 2.40. The molecule has 0 radical (unpaired) electrons. The van der Waals surface area contributed by atoms with E-state index in [2.05, 4.69) is 103 Å². The van der Waals surface area contributed by atoms with Crippen LogP contribution in [0, 0.1) is 32.6 Å². The van der Waals surface area contributed by atoms with Crippen LogP contribution < -0.4 is 4.57 Å². The standard InChI is InChI=1S/C30H37N4/c1-18(2)11-28-31-29(12-19(3)4)33-30(32-28)23-9-10-24-17-34(8)27(16-25(24)15-23)26-14-20(5)13-21(6)22(26)7/h9-10,13-19H,11-12H2,1-8H3/q+1. The summed E-state index contributed by atoms with van der Waals surface area (Å²) in [5.41, 5.74) is 7.47. The smallest absolute Gasteiger partial charge is 0.213 e. The van der Waals surface area contributed by atoms with Gasteiger partial charge in [-0.3, -0.25) is 0 Å². The summed E-state index contributed by atoms with van der Waals surface area (Å²) in [5.74, 6) is 3.56. The molecule has 0 aliphatic rings. The van der Waals surface area contributed by atoms with Gasteiger partial charge in [-0.2, -0.15) is 0 Å². The van der Waals surface area contributed by atoms with E-state index in [1.165, 1.54) is 38.7 Å². The molecule has 0 fully saturated rings. The van der Waals surface area contributed by atoms with E-state index in [1.54, 1.807) is 0 Å². The molecule has 0 bridgehead atoms. The molecule has 4 heteroatoms. The molecule has 0 amide bonds. The highest BCUT2D eigenvalue weighted by Gasteiger charge is 2.17. The molecule has 176 valence electrons. The number of pyridine rings is 1. The van der Waals surface area contributed by atoms with E-state index in [0.717, 1.165) is 35.9 Å². The van der Waals surface area contributed by atoms with Crippen molar-refractivity contribution in [1.82, 2.24) is 15.0 Å². The molecule has 2 aromatic heterocycles. The lowest BCUT2D eigenvalue weighted by Crippen LogP contribution is -2.30. The average Bonchev–Trinajstić information content (AvgIpc) is 2.74. The van der Waals surface area contributed by atoms with Gasteiger partial charge in [0.05, 0.1) is 0 Å². The van der Waals surface area contributed by atoms with E-state index in [0.29, 0.717) is 11.8 Å². The molecule has 4 rings (SSSR count). The van der Waals surface area contributed by atoms with Gasteiger partial charge in [0.2, 0.25) is 5.69 Å². The van der Waals surface area contributed by atoms with Gasteiger partial charge in [-0.1, -0.05) is 45.4 Å². The fourth-order valence-electron chi connectivity index (χ4n) is 4.57. The Bertz CT molecular complexity index is 1320. The second-order valence-electron chi connectivity index (χ2n) is 10.6. The van der Waals surface area contributed by atoms with Crippen LogP contribution in [0.15, 0.2) is 42.6 Å². The molecule has 0 aliphatic carbocycles. The summed E-state index contributed by atoms with van der Waals surface area (Å²) < 4.78 is 2.23. The Balaban J connectivity index is 1.85. The minimum absolute atomic E-state index is 0.502. The highest BCUT2D eigenvalue weighted by molar-refractivity contribution is 5.87. The Kier molecular flexibility index (Phi) is 6.79. The van der Waals surface area contributed by atoms with Gasteiger partial charge >= 0.3 is 0 Å². The highest BCUT2D eigenvalue weighted by atomic mass is 15.0. The molecule has 34 heavy (non-hydrogen) atoms. The molecular formula is C30H37N4+. The van der Waals surface area contributed by atoms with E-state index < -0.39 is 0 Å². The summed E-state index contributed by atoms with van der Waals surface area (Å²) in [6.45, 7) is 15.4. The Morgan fingerprint density at radius 1 is 0.765 bits per heavy atom. The fourth-order valence-corrected chi connectivity index (χ4v) is 4.57. The number of fused-ring (bicyclic) bond motifs is 1. The summed E-state index contributed by atoms with van der Waals surface area (Å²) in [6.07, 6.45) is 3.94. The van der Waals surface area contributed by atoms with Gasteiger partial charge in [-0.15, -0.1) is 0 Å². The van der Waals surface area contributed by atoms with Gasteiger partial charge in [-0.05, 0) is 67.3 Å². The maximum Gasteiger partial charge on any atom is 0.213 e. The van der Waals surface area contributed by atoms with Crippen molar-refractivity contribution >= 4 is 10.8 Å². The first-order valence-electron chi connectivity index (χ1n) is 12.4. The van der Waals surface area contributed by atoms with Crippen molar-refractivity contribution in [2.24, 2.45) is 18.9 Å². The molecule has 2 aromatic carbocycles. The number of hydrogen-bond acceptors (Lipinski definition) is 3. The predicted molar refractivity (Wildman–Crippen MR) is 141 cm³/mol. The molecular weight excluding hydrogens is 416 g/mol. The van der Waals surface area contributed by atoms with Crippen LogP contribution in [0.3, 0.4) is 0 Å². The zero-order valence-electron chi connectivity index (χ0n) is 21.9. The molecule has 0 atom stereocenters.